The van der Waals surface area contributed by atoms with Crippen molar-refractivity contribution in [2.75, 3.05) is 0 Å². The van der Waals surface area contributed by atoms with Crippen LogP contribution in [0, 0.1) is 5.92 Å². The van der Waals surface area contributed by atoms with E-state index >= 15 is 0 Å². The number of nitrogens with zero attached hydrogens (tertiary/aromatic N) is 3. The van der Waals surface area contributed by atoms with Crippen LogP contribution in [-0.4, -0.2) is 14.5 Å². The van der Waals surface area contributed by atoms with E-state index < -0.39 is 0 Å². The normalized spacial score (nSPS) is 16.9. The van der Waals surface area contributed by atoms with Crippen LogP contribution in [0.1, 0.15) is 38.3 Å². The van der Waals surface area contributed by atoms with E-state index in [1.807, 2.05) is 0 Å². The first-order chi connectivity index (χ1) is 22.0. The van der Waals surface area contributed by atoms with Crippen molar-refractivity contribution in [1.82, 2.24) is 14.5 Å². The van der Waals surface area contributed by atoms with Crippen molar-refractivity contribution >= 4 is 38.2 Å². The van der Waals surface area contributed by atoms with Crippen molar-refractivity contribution in [3.63, 3.8) is 0 Å². The van der Waals surface area contributed by atoms with Crippen LogP contribution in [0.5, 0.6) is 0 Å². The molecule has 2 aliphatic carbocycles. The zero-order chi connectivity index (χ0) is 30.3. The van der Waals surface area contributed by atoms with Crippen LogP contribution in [-0.2, 0) is 5.41 Å². The van der Waals surface area contributed by atoms with E-state index in [0.29, 0.717) is 11.9 Å². The molecule has 216 valence electrons. The zero-order valence-electron chi connectivity index (χ0n) is 25.8. The third-order valence-corrected chi connectivity index (χ3v) is 9.97. The molecule has 1 atom stereocenters. The maximum Gasteiger partial charge on any atom is 0.235 e. The molecule has 7 aromatic rings. The van der Waals surface area contributed by atoms with Crippen molar-refractivity contribution in [2.24, 2.45) is 5.92 Å². The minimum absolute atomic E-state index is 0.155. The fourth-order valence-electron chi connectivity index (χ4n) is 7.90. The third kappa shape index (κ3) is 3.77. The Labute approximate surface area is 263 Å². The van der Waals surface area contributed by atoms with Gasteiger partial charge >= 0.3 is 0 Å². The summed E-state index contributed by atoms with van der Waals surface area (Å²) in [5, 5.41) is 5.11. The molecule has 2 aliphatic rings. The monoisotopic (exact) mass is 579 g/mol. The molecule has 2 heterocycles. The Morgan fingerprint density at radius 3 is 1.93 bits per heavy atom. The Bertz CT molecular complexity index is 2320. The van der Waals surface area contributed by atoms with Crippen LogP contribution in [0.25, 0.3) is 66.6 Å². The molecular weight excluding hydrogens is 546 g/mol. The summed E-state index contributed by atoms with van der Waals surface area (Å²) in [4.78, 5) is 10.7. The Balaban J connectivity index is 1.47. The number of hydrogen-bond donors (Lipinski definition) is 0. The second-order valence-corrected chi connectivity index (χ2v) is 13.1. The average molecular weight is 580 g/mol. The molecule has 0 saturated carbocycles. The zero-order valence-corrected chi connectivity index (χ0v) is 25.8. The Hall–Kier alpha value is -5.28. The number of para-hydroxylation sites is 1. The SMILES string of the molecule is CC1C=CC2=C(C1)C(C)(C)c1c2c2ccccc2c2c3ccccc3n(-c3nc(-c4ccccc4)cc(-c4ccccc4)n3)c12. The van der Waals surface area contributed by atoms with Gasteiger partial charge < -0.3 is 0 Å². The van der Waals surface area contributed by atoms with Crippen molar-refractivity contribution < 1.29 is 0 Å². The molecule has 0 radical (unpaired) electrons. The highest BCUT2D eigenvalue weighted by atomic mass is 15.2. The van der Waals surface area contributed by atoms with Gasteiger partial charge in [0.05, 0.1) is 22.4 Å². The molecule has 0 saturated heterocycles. The molecule has 1 unspecified atom stereocenters. The van der Waals surface area contributed by atoms with Crippen molar-refractivity contribution in [2.45, 2.75) is 32.6 Å². The summed E-state index contributed by atoms with van der Waals surface area (Å²) < 4.78 is 2.36. The van der Waals surface area contributed by atoms with Crippen LogP contribution in [0.2, 0.25) is 0 Å². The van der Waals surface area contributed by atoms with Crippen LogP contribution in [0.3, 0.4) is 0 Å². The van der Waals surface area contributed by atoms with E-state index in [1.165, 1.54) is 49.3 Å². The van der Waals surface area contributed by atoms with Crippen LogP contribution in [0.4, 0.5) is 0 Å². The molecule has 0 spiro atoms. The Kier molecular flexibility index (Phi) is 5.58. The molecular formula is C42H33N3. The van der Waals surface area contributed by atoms with Crippen molar-refractivity contribution in [3.05, 3.63) is 144 Å². The first-order valence-electron chi connectivity index (χ1n) is 15.9. The summed E-state index contributed by atoms with van der Waals surface area (Å²) in [6, 6.07) is 40.8. The summed E-state index contributed by atoms with van der Waals surface area (Å²) >= 11 is 0. The maximum absolute atomic E-state index is 5.35. The molecule has 0 N–H and O–H groups in total. The first kappa shape index (κ1) is 26.2. The number of aromatic nitrogens is 3. The second kappa shape index (κ2) is 9.61. The topological polar surface area (TPSA) is 30.7 Å². The Morgan fingerprint density at radius 1 is 0.689 bits per heavy atom. The minimum atomic E-state index is -0.155. The fourth-order valence-corrected chi connectivity index (χ4v) is 7.90. The van der Waals surface area contributed by atoms with E-state index in [4.69, 9.17) is 9.97 Å². The molecule has 3 nitrogen and oxygen atoms in total. The smallest absolute Gasteiger partial charge is 0.235 e. The molecule has 0 bridgehead atoms. The second-order valence-electron chi connectivity index (χ2n) is 13.1. The largest absolute Gasteiger partial charge is 0.278 e. The minimum Gasteiger partial charge on any atom is -0.278 e. The van der Waals surface area contributed by atoms with Crippen LogP contribution in [0.15, 0.2) is 133 Å². The molecule has 3 heteroatoms. The summed E-state index contributed by atoms with van der Waals surface area (Å²) in [6.07, 6.45) is 5.85. The molecule has 0 aliphatic heterocycles. The molecule has 45 heavy (non-hydrogen) atoms. The van der Waals surface area contributed by atoms with Crippen LogP contribution < -0.4 is 0 Å². The maximum atomic E-state index is 5.35. The average Bonchev–Trinajstić information content (AvgIpc) is 3.54. The number of fused-ring (bicyclic) bond motifs is 9. The predicted octanol–water partition coefficient (Wildman–Crippen LogP) is 10.7. The number of allylic oxidation sites excluding steroid dienone is 4. The highest BCUT2D eigenvalue weighted by Crippen LogP contribution is 2.57. The summed E-state index contributed by atoms with van der Waals surface area (Å²) in [7, 11) is 0. The van der Waals surface area contributed by atoms with Gasteiger partial charge in [0.1, 0.15) is 0 Å². The molecule has 9 rings (SSSR count). The predicted molar refractivity (Wildman–Crippen MR) is 188 cm³/mol. The summed E-state index contributed by atoms with van der Waals surface area (Å²) in [5.41, 5.74) is 11.8. The van der Waals surface area contributed by atoms with Gasteiger partial charge in [-0.15, -0.1) is 0 Å². The van der Waals surface area contributed by atoms with E-state index in [2.05, 4.69) is 153 Å². The highest BCUT2D eigenvalue weighted by Gasteiger charge is 2.42. The standard InChI is InChI=1S/C42H33N3/c1-26-22-23-31-33(24-26)42(2,3)39-37(31)29-18-10-11-19-30(29)38-32-20-12-13-21-36(32)45(40(38)39)41-43-34(27-14-6-4-7-15-27)25-35(44-41)28-16-8-5-9-17-28/h4-23,25-26H,24H2,1-3H3. The van der Waals surface area contributed by atoms with E-state index in [9.17, 15) is 0 Å². The highest BCUT2D eigenvalue weighted by molar-refractivity contribution is 6.26. The summed E-state index contributed by atoms with van der Waals surface area (Å²) in [6.45, 7) is 7.18. The van der Waals surface area contributed by atoms with Crippen molar-refractivity contribution in [1.29, 1.82) is 0 Å². The molecule has 2 aromatic heterocycles. The molecule has 0 amide bonds. The van der Waals surface area contributed by atoms with Gasteiger partial charge in [-0.1, -0.05) is 142 Å². The van der Waals surface area contributed by atoms with Gasteiger partial charge in [0.15, 0.2) is 0 Å². The Morgan fingerprint density at radius 2 is 1.27 bits per heavy atom. The van der Waals surface area contributed by atoms with Crippen molar-refractivity contribution in [3.8, 4) is 28.5 Å². The van der Waals surface area contributed by atoms with Gasteiger partial charge in [0.2, 0.25) is 5.95 Å². The molecule has 0 fully saturated rings. The van der Waals surface area contributed by atoms with Gasteiger partial charge in [0, 0.05) is 27.3 Å². The van der Waals surface area contributed by atoms with Gasteiger partial charge in [-0.3, -0.25) is 4.57 Å². The van der Waals surface area contributed by atoms with E-state index in [-0.39, 0.29) is 5.41 Å². The van der Waals surface area contributed by atoms with Gasteiger partial charge in [-0.25, -0.2) is 9.97 Å². The third-order valence-electron chi connectivity index (χ3n) is 9.97. The number of hydrogen-bond acceptors (Lipinski definition) is 2. The van der Waals surface area contributed by atoms with E-state index in [0.717, 1.165) is 34.5 Å². The van der Waals surface area contributed by atoms with Crippen LogP contribution >= 0.6 is 0 Å². The van der Waals surface area contributed by atoms with Gasteiger partial charge in [-0.2, -0.15) is 0 Å². The number of rotatable bonds is 3. The fraction of sp³-hybridized carbons (Fsp3) is 0.143. The molecule has 5 aromatic carbocycles. The lowest BCUT2D eigenvalue weighted by Gasteiger charge is -2.28. The van der Waals surface area contributed by atoms with Gasteiger partial charge in [-0.05, 0) is 51.9 Å². The lowest BCUT2D eigenvalue weighted by Crippen LogP contribution is -2.21. The van der Waals surface area contributed by atoms with Gasteiger partial charge in [0.25, 0.3) is 0 Å². The lowest BCUT2D eigenvalue weighted by atomic mass is 9.76. The quantitative estimate of drug-likeness (QED) is 0.208. The first-order valence-corrected chi connectivity index (χ1v) is 15.9. The summed E-state index contributed by atoms with van der Waals surface area (Å²) in [5.74, 6) is 1.22. The number of benzene rings is 5. The lowest BCUT2D eigenvalue weighted by molar-refractivity contribution is 0.568. The van der Waals surface area contributed by atoms with E-state index in [1.54, 1.807) is 0 Å².